The van der Waals surface area contributed by atoms with Gasteiger partial charge in [-0.3, -0.25) is 4.90 Å². The Morgan fingerprint density at radius 1 is 1.37 bits per heavy atom. The maximum absolute atomic E-state index is 6.06. The molecule has 1 aliphatic heterocycles. The van der Waals surface area contributed by atoms with Gasteiger partial charge in [-0.05, 0) is 30.9 Å². The van der Waals surface area contributed by atoms with Gasteiger partial charge in [-0.25, -0.2) is 0 Å². The highest BCUT2D eigenvalue weighted by atomic mass is 32.2. The van der Waals surface area contributed by atoms with Crippen molar-refractivity contribution in [2.75, 3.05) is 25.1 Å². The van der Waals surface area contributed by atoms with Crippen molar-refractivity contribution in [3.8, 4) is 0 Å². The lowest BCUT2D eigenvalue weighted by molar-refractivity contribution is 0.150. The molecule has 1 fully saturated rings. The van der Waals surface area contributed by atoms with Gasteiger partial charge in [0, 0.05) is 41.1 Å². The highest BCUT2D eigenvalue weighted by molar-refractivity contribution is 8.00. The molecule has 2 rings (SSSR count). The predicted octanol–water partition coefficient (Wildman–Crippen LogP) is 3.23. The molecule has 1 heterocycles. The largest absolute Gasteiger partial charge is 0.329 e. The van der Waals surface area contributed by atoms with Crippen molar-refractivity contribution in [1.82, 2.24) is 4.90 Å². The van der Waals surface area contributed by atoms with Crippen molar-refractivity contribution in [3.05, 3.63) is 29.8 Å². The van der Waals surface area contributed by atoms with Crippen LogP contribution in [-0.4, -0.2) is 41.3 Å². The number of hydrogen-bond acceptors (Lipinski definition) is 4. The quantitative estimate of drug-likeness (QED) is 0.864. The van der Waals surface area contributed by atoms with Crippen LogP contribution >= 0.6 is 23.5 Å². The lowest BCUT2D eigenvalue weighted by Crippen LogP contribution is -2.48. The molecule has 1 saturated heterocycles. The van der Waals surface area contributed by atoms with Crippen molar-refractivity contribution < 1.29 is 0 Å². The molecular formula is C15H24N2S2. The molecule has 1 aromatic rings. The molecular weight excluding hydrogens is 272 g/mol. The standard InChI is InChI=1S/C15H24N2S2/c1-11-12(2)19-9-8-17(11)15(10-16)13-4-6-14(18-3)7-5-13/h4-7,11-12,15H,8-10,16H2,1-3H3. The number of nitrogens with two attached hydrogens (primary N) is 1. The fourth-order valence-electron chi connectivity index (χ4n) is 2.69. The summed E-state index contributed by atoms with van der Waals surface area (Å²) in [4.78, 5) is 3.89. The van der Waals surface area contributed by atoms with E-state index in [2.05, 4.69) is 61.0 Å². The van der Waals surface area contributed by atoms with E-state index in [4.69, 9.17) is 5.73 Å². The molecule has 106 valence electrons. The van der Waals surface area contributed by atoms with Crippen LogP contribution in [-0.2, 0) is 0 Å². The molecule has 3 atom stereocenters. The Morgan fingerprint density at radius 3 is 2.63 bits per heavy atom. The van der Waals surface area contributed by atoms with Gasteiger partial charge in [0.2, 0.25) is 0 Å². The van der Waals surface area contributed by atoms with Crippen LogP contribution in [0.15, 0.2) is 29.2 Å². The molecule has 0 spiro atoms. The van der Waals surface area contributed by atoms with Crippen LogP contribution < -0.4 is 5.73 Å². The normalized spacial score (nSPS) is 26.3. The van der Waals surface area contributed by atoms with Crippen LogP contribution in [0.4, 0.5) is 0 Å². The summed E-state index contributed by atoms with van der Waals surface area (Å²) >= 11 is 3.86. The Morgan fingerprint density at radius 2 is 2.05 bits per heavy atom. The van der Waals surface area contributed by atoms with Gasteiger partial charge in [-0.1, -0.05) is 19.1 Å². The number of hydrogen-bond donors (Lipinski definition) is 1. The topological polar surface area (TPSA) is 29.3 Å². The van der Waals surface area contributed by atoms with Crippen molar-refractivity contribution in [3.63, 3.8) is 0 Å². The van der Waals surface area contributed by atoms with Gasteiger partial charge in [-0.2, -0.15) is 11.8 Å². The summed E-state index contributed by atoms with van der Waals surface area (Å²) in [6, 6.07) is 9.83. The predicted molar refractivity (Wildman–Crippen MR) is 88.1 cm³/mol. The van der Waals surface area contributed by atoms with Gasteiger partial charge in [-0.15, -0.1) is 11.8 Å². The van der Waals surface area contributed by atoms with Gasteiger partial charge < -0.3 is 5.73 Å². The summed E-state index contributed by atoms with van der Waals surface area (Å²) in [5.74, 6) is 1.21. The maximum Gasteiger partial charge on any atom is 0.0474 e. The van der Waals surface area contributed by atoms with Crippen LogP contribution in [0.2, 0.25) is 0 Å². The third-order valence-corrected chi connectivity index (χ3v) is 6.14. The van der Waals surface area contributed by atoms with Gasteiger partial charge >= 0.3 is 0 Å². The minimum Gasteiger partial charge on any atom is -0.329 e. The minimum absolute atomic E-state index is 0.356. The molecule has 0 aliphatic carbocycles. The second kappa shape index (κ2) is 7.02. The van der Waals surface area contributed by atoms with Gasteiger partial charge in [0.15, 0.2) is 0 Å². The van der Waals surface area contributed by atoms with E-state index in [1.807, 2.05) is 0 Å². The zero-order chi connectivity index (χ0) is 13.8. The summed E-state index contributed by atoms with van der Waals surface area (Å²) in [5, 5.41) is 0.688. The zero-order valence-electron chi connectivity index (χ0n) is 12.0. The van der Waals surface area contributed by atoms with E-state index in [0.717, 1.165) is 6.54 Å². The van der Waals surface area contributed by atoms with Crippen molar-refractivity contribution in [2.24, 2.45) is 5.73 Å². The first kappa shape index (κ1) is 15.2. The second-order valence-electron chi connectivity index (χ2n) is 5.08. The van der Waals surface area contributed by atoms with E-state index < -0.39 is 0 Å². The van der Waals surface area contributed by atoms with Crippen LogP contribution in [0.25, 0.3) is 0 Å². The molecule has 0 amide bonds. The van der Waals surface area contributed by atoms with E-state index in [-0.39, 0.29) is 0 Å². The van der Waals surface area contributed by atoms with Crippen molar-refractivity contribution in [2.45, 2.75) is 36.1 Å². The fourth-order valence-corrected chi connectivity index (χ4v) is 4.22. The van der Waals surface area contributed by atoms with E-state index in [9.17, 15) is 0 Å². The minimum atomic E-state index is 0.356. The molecule has 19 heavy (non-hydrogen) atoms. The third kappa shape index (κ3) is 3.48. The van der Waals surface area contributed by atoms with E-state index in [1.54, 1.807) is 11.8 Å². The molecule has 1 aromatic carbocycles. The summed E-state index contributed by atoms with van der Waals surface area (Å²) in [5.41, 5.74) is 7.41. The van der Waals surface area contributed by atoms with Gasteiger partial charge in [0.1, 0.15) is 0 Å². The van der Waals surface area contributed by atoms with Crippen LogP contribution in [0, 0.1) is 0 Å². The maximum atomic E-state index is 6.06. The molecule has 1 aliphatic rings. The Bertz CT molecular complexity index is 394. The molecule has 0 saturated carbocycles. The average Bonchev–Trinajstić information content (AvgIpc) is 2.45. The highest BCUT2D eigenvalue weighted by Gasteiger charge is 2.30. The Balaban J connectivity index is 2.18. The first-order chi connectivity index (χ1) is 9.17. The molecule has 0 radical (unpaired) electrons. The molecule has 2 N–H and O–H groups in total. The number of nitrogens with zero attached hydrogens (tertiary/aromatic N) is 1. The van der Waals surface area contributed by atoms with E-state index in [1.165, 1.54) is 16.2 Å². The molecule has 0 bridgehead atoms. The summed E-state index contributed by atoms with van der Waals surface area (Å²) in [6.45, 7) is 6.49. The van der Waals surface area contributed by atoms with Crippen molar-refractivity contribution in [1.29, 1.82) is 0 Å². The molecule has 2 nitrogen and oxygen atoms in total. The summed E-state index contributed by atoms with van der Waals surface area (Å²) < 4.78 is 0. The Kier molecular flexibility index (Phi) is 5.63. The monoisotopic (exact) mass is 296 g/mol. The Hall–Kier alpha value is -0.160. The Labute approximate surface area is 125 Å². The van der Waals surface area contributed by atoms with Crippen molar-refractivity contribution >= 4 is 23.5 Å². The molecule has 0 aromatic heterocycles. The first-order valence-corrected chi connectivity index (χ1v) is 9.16. The molecule has 4 heteroatoms. The number of thioether (sulfide) groups is 2. The van der Waals surface area contributed by atoms with Crippen LogP contribution in [0.3, 0.4) is 0 Å². The highest BCUT2D eigenvalue weighted by Crippen LogP contribution is 2.31. The van der Waals surface area contributed by atoms with Gasteiger partial charge in [0.25, 0.3) is 0 Å². The third-order valence-electron chi connectivity index (χ3n) is 4.06. The fraction of sp³-hybridized carbons (Fsp3) is 0.600. The summed E-state index contributed by atoms with van der Waals surface area (Å²) in [6.07, 6.45) is 2.11. The summed E-state index contributed by atoms with van der Waals surface area (Å²) in [7, 11) is 0. The average molecular weight is 297 g/mol. The second-order valence-corrected chi connectivity index (χ2v) is 7.44. The van der Waals surface area contributed by atoms with Crippen LogP contribution in [0.5, 0.6) is 0 Å². The van der Waals surface area contributed by atoms with Gasteiger partial charge in [0.05, 0.1) is 0 Å². The van der Waals surface area contributed by atoms with E-state index >= 15 is 0 Å². The SMILES string of the molecule is CSc1ccc(C(CN)N2CCSC(C)C2C)cc1. The number of benzene rings is 1. The lowest BCUT2D eigenvalue weighted by Gasteiger charge is -2.42. The van der Waals surface area contributed by atoms with E-state index in [0.29, 0.717) is 23.9 Å². The number of rotatable bonds is 4. The zero-order valence-corrected chi connectivity index (χ0v) is 13.6. The first-order valence-electron chi connectivity index (χ1n) is 6.88. The smallest absolute Gasteiger partial charge is 0.0474 e. The van der Waals surface area contributed by atoms with Crippen LogP contribution in [0.1, 0.15) is 25.5 Å². The lowest BCUT2D eigenvalue weighted by atomic mass is 10.0. The molecule has 3 unspecified atom stereocenters.